The molecule has 0 atom stereocenters. The van der Waals surface area contributed by atoms with Crippen LogP contribution >= 0.6 is 11.3 Å². The molecule has 0 aliphatic rings. The van der Waals surface area contributed by atoms with E-state index in [1.807, 2.05) is 12.1 Å². The molecule has 0 bridgehead atoms. The van der Waals surface area contributed by atoms with Gasteiger partial charge in [0.1, 0.15) is 5.00 Å². The van der Waals surface area contributed by atoms with Crippen molar-refractivity contribution in [2.24, 2.45) is 0 Å². The van der Waals surface area contributed by atoms with Crippen LogP contribution in [0.2, 0.25) is 0 Å². The highest BCUT2D eigenvalue weighted by atomic mass is 32.1. The van der Waals surface area contributed by atoms with Gasteiger partial charge in [-0.3, -0.25) is 9.59 Å². The SMILES string of the molecule is COc1c(NC(C)=O)sc2ccccc2c1=O. The molecule has 2 rings (SSSR count). The third-order valence-electron chi connectivity index (χ3n) is 2.25. The minimum atomic E-state index is -0.228. The van der Waals surface area contributed by atoms with Gasteiger partial charge in [0, 0.05) is 17.0 Å². The van der Waals surface area contributed by atoms with Gasteiger partial charge < -0.3 is 10.1 Å². The minimum Gasteiger partial charge on any atom is -0.490 e. The Kier molecular flexibility index (Phi) is 3.10. The third-order valence-corrected chi connectivity index (χ3v) is 3.32. The summed E-state index contributed by atoms with van der Waals surface area (Å²) in [5.41, 5.74) is -0.203. The summed E-state index contributed by atoms with van der Waals surface area (Å²) >= 11 is 1.32. The van der Waals surface area contributed by atoms with E-state index in [4.69, 9.17) is 4.74 Å². The van der Waals surface area contributed by atoms with Crippen LogP contribution < -0.4 is 15.5 Å². The lowest BCUT2D eigenvalue weighted by Crippen LogP contribution is -2.12. The van der Waals surface area contributed by atoms with E-state index in [1.165, 1.54) is 25.4 Å². The van der Waals surface area contributed by atoms with Gasteiger partial charge >= 0.3 is 0 Å². The van der Waals surface area contributed by atoms with E-state index in [2.05, 4.69) is 5.32 Å². The van der Waals surface area contributed by atoms with Gasteiger partial charge in [0.25, 0.3) is 0 Å². The maximum Gasteiger partial charge on any atom is 0.232 e. The molecule has 5 heteroatoms. The summed E-state index contributed by atoms with van der Waals surface area (Å²) in [6, 6.07) is 7.23. The van der Waals surface area contributed by atoms with E-state index >= 15 is 0 Å². The molecule has 1 aromatic heterocycles. The molecule has 0 aliphatic carbocycles. The highest BCUT2D eigenvalue weighted by Gasteiger charge is 2.13. The number of fused-ring (bicyclic) bond motifs is 1. The van der Waals surface area contributed by atoms with Crippen molar-refractivity contribution in [1.29, 1.82) is 0 Å². The van der Waals surface area contributed by atoms with Crippen LogP contribution in [-0.2, 0) is 4.79 Å². The van der Waals surface area contributed by atoms with E-state index in [0.717, 1.165) is 4.70 Å². The molecule has 0 fully saturated rings. The number of methoxy groups -OCH3 is 1. The topological polar surface area (TPSA) is 55.4 Å². The van der Waals surface area contributed by atoms with E-state index in [9.17, 15) is 9.59 Å². The molecule has 0 spiro atoms. The van der Waals surface area contributed by atoms with Crippen LogP contribution in [0.5, 0.6) is 5.75 Å². The van der Waals surface area contributed by atoms with Gasteiger partial charge in [-0.15, -0.1) is 11.3 Å². The lowest BCUT2D eigenvalue weighted by atomic mass is 10.2. The second-order valence-corrected chi connectivity index (χ2v) is 4.52. The number of hydrogen-bond donors (Lipinski definition) is 1. The van der Waals surface area contributed by atoms with Gasteiger partial charge in [0.2, 0.25) is 17.1 Å². The molecule has 2 aromatic rings. The molecule has 0 saturated carbocycles. The zero-order chi connectivity index (χ0) is 12.4. The summed E-state index contributed by atoms with van der Waals surface area (Å²) in [4.78, 5) is 23.2. The van der Waals surface area contributed by atoms with Gasteiger partial charge in [0.15, 0.2) is 0 Å². The first-order valence-corrected chi connectivity index (χ1v) is 5.82. The van der Waals surface area contributed by atoms with Gasteiger partial charge in [-0.25, -0.2) is 0 Å². The Hall–Kier alpha value is -1.88. The van der Waals surface area contributed by atoms with Gasteiger partial charge in [-0.1, -0.05) is 12.1 Å². The number of anilines is 1. The van der Waals surface area contributed by atoms with Gasteiger partial charge in [-0.2, -0.15) is 0 Å². The summed E-state index contributed by atoms with van der Waals surface area (Å²) in [5.74, 6) is -0.0434. The molecular formula is C12H11NO3S. The first-order chi connectivity index (χ1) is 8.13. The number of hydrogen-bond acceptors (Lipinski definition) is 4. The van der Waals surface area contributed by atoms with Crippen molar-refractivity contribution in [2.45, 2.75) is 6.92 Å². The Morgan fingerprint density at radius 1 is 1.35 bits per heavy atom. The van der Waals surface area contributed by atoms with E-state index < -0.39 is 0 Å². The summed E-state index contributed by atoms with van der Waals surface area (Å²) in [7, 11) is 1.42. The predicted molar refractivity (Wildman–Crippen MR) is 69.0 cm³/mol. The van der Waals surface area contributed by atoms with Crippen LogP contribution in [0.3, 0.4) is 0 Å². The molecule has 0 radical (unpaired) electrons. The molecule has 4 nitrogen and oxygen atoms in total. The van der Waals surface area contributed by atoms with Crippen molar-refractivity contribution >= 4 is 32.3 Å². The number of nitrogens with one attached hydrogen (secondary N) is 1. The van der Waals surface area contributed by atoms with Crippen LogP contribution in [0.4, 0.5) is 5.00 Å². The van der Waals surface area contributed by atoms with Crippen molar-refractivity contribution in [3.63, 3.8) is 0 Å². The largest absolute Gasteiger partial charge is 0.490 e. The maximum absolute atomic E-state index is 12.1. The smallest absolute Gasteiger partial charge is 0.232 e. The van der Waals surface area contributed by atoms with Crippen molar-refractivity contribution in [1.82, 2.24) is 0 Å². The van der Waals surface area contributed by atoms with Crippen LogP contribution in [0.1, 0.15) is 6.92 Å². The Labute approximate surface area is 102 Å². The fraction of sp³-hybridized carbons (Fsp3) is 0.167. The fourth-order valence-corrected chi connectivity index (χ4v) is 2.65. The highest BCUT2D eigenvalue weighted by Crippen LogP contribution is 2.31. The monoisotopic (exact) mass is 249 g/mol. The zero-order valence-corrected chi connectivity index (χ0v) is 10.3. The van der Waals surface area contributed by atoms with Crippen molar-refractivity contribution < 1.29 is 9.53 Å². The minimum absolute atomic E-state index is 0.184. The second kappa shape index (κ2) is 4.55. The van der Waals surface area contributed by atoms with Crippen LogP contribution in [0.15, 0.2) is 29.1 Å². The number of rotatable bonds is 2. The number of carbonyl (C=O) groups is 1. The van der Waals surface area contributed by atoms with E-state index in [1.54, 1.807) is 12.1 Å². The summed E-state index contributed by atoms with van der Waals surface area (Å²) < 4.78 is 5.89. The van der Waals surface area contributed by atoms with E-state index in [-0.39, 0.29) is 17.1 Å². The van der Waals surface area contributed by atoms with Gasteiger partial charge in [0.05, 0.1) is 7.11 Å². The van der Waals surface area contributed by atoms with Crippen LogP contribution in [0, 0.1) is 0 Å². The molecular weight excluding hydrogens is 238 g/mol. The Bertz CT molecular complexity index is 633. The third kappa shape index (κ3) is 2.14. The molecule has 0 saturated heterocycles. The Balaban J connectivity index is 2.75. The molecule has 0 aliphatic heterocycles. The number of ether oxygens (including phenoxy) is 1. The lowest BCUT2D eigenvalue weighted by molar-refractivity contribution is -0.114. The first-order valence-electron chi connectivity index (χ1n) is 5.01. The molecule has 1 amide bonds. The molecule has 88 valence electrons. The molecule has 17 heavy (non-hydrogen) atoms. The number of carbonyl (C=O) groups excluding carboxylic acids is 1. The van der Waals surface area contributed by atoms with Crippen molar-refractivity contribution in [2.75, 3.05) is 12.4 Å². The maximum atomic E-state index is 12.1. The highest BCUT2D eigenvalue weighted by molar-refractivity contribution is 7.22. The Morgan fingerprint density at radius 2 is 2.06 bits per heavy atom. The standard InChI is InChI=1S/C12H11NO3S/c1-7(14)13-12-11(16-2)10(15)8-5-3-4-6-9(8)17-12/h3-6H,1-2H3,(H,13,14). The molecule has 1 heterocycles. The quantitative estimate of drug-likeness (QED) is 0.888. The molecule has 0 unspecified atom stereocenters. The number of amides is 1. The molecule has 1 aromatic carbocycles. The van der Waals surface area contributed by atoms with E-state index in [0.29, 0.717) is 10.4 Å². The number of benzene rings is 1. The average molecular weight is 249 g/mol. The zero-order valence-electron chi connectivity index (χ0n) is 9.44. The summed E-state index contributed by atoms with van der Waals surface area (Å²) in [6.45, 7) is 1.39. The average Bonchev–Trinajstić information content (AvgIpc) is 2.29. The van der Waals surface area contributed by atoms with Crippen LogP contribution in [0.25, 0.3) is 10.1 Å². The van der Waals surface area contributed by atoms with Crippen molar-refractivity contribution in [3.05, 3.63) is 34.5 Å². The van der Waals surface area contributed by atoms with Crippen LogP contribution in [-0.4, -0.2) is 13.0 Å². The summed E-state index contributed by atoms with van der Waals surface area (Å²) in [5, 5.41) is 3.66. The summed E-state index contributed by atoms with van der Waals surface area (Å²) in [6.07, 6.45) is 0. The Morgan fingerprint density at radius 3 is 2.71 bits per heavy atom. The lowest BCUT2D eigenvalue weighted by Gasteiger charge is -2.08. The van der Waals surface area contributed by atoms with Gasteiger partial charge in [-0.05, 0) is 12.1 Å². The fourth-order valence-electron chi connectivity index (χ4n) is 1.55. The predicted octanol–water partition coefficient (Wildman–Crippen LogP) is 2.23. The second-order valence-electron chi connectivity index (χ2n) is 3.47. The first kappa shape index (κ1) is 11.6. The van der Waals surface area contributed by atoms with Crippen molar-refractivity contribution in [3.8, 4) is 5.75 Å². The normalized spacial score (nSPS) is 10.2. The molecule has 1 N–H and O–H groups in total.